The lowest BCUT2D eigenvalue weighted by molar-refractivity contribution is 0.101. The molecule has 2 aromatic rings. The fourth-order valence-corrected chi connectivity index (χ4v) is 3.77. The zero-order valence-electron chi connectivity index (χ0n) is 17.2. The summed E-state index contributed by atoms with van der Waals surface area (Å²) in [6.45, 7) is 2.48. The molecule has 3 rings (SSSR count). The highest BCUT2D eigenvalue weighted by molar-refractivity contribution is 6.02. The summed E-state index contributed by atoms with van der Waals surface area (Å²) in [4.78, 5) is 26.4. The molecule has 1 N–H and O–H groups in total. The van der Waals surface area contributed by atoms with Gasteiger partial charge in [0.1, 0.15) is 11.5 Å². The summed E-state index contributed by atoms with van der Waals surface area (Å²) in [5.74, 6) is -0.834. The second kappa shape index (κ2) is 9.67. The van der Waals surface area contributed by atoms with Crippen LogP contribution in [0, 0.1) is 5.82 Å². The van der Waals surface area contributed by atoms with Crippen LogP contribution in [0.1, 0.15) is 62.4 Å². The smallest absolute Gasteiger partial charge is 0.276 e. The lowest BCUT2D eigenvalue weighted by Gasteiger charge is -2.33. The second-order valence-electron chi connectivity index (χ2n) is 7.66. The first kappa shape index (κ1) is 21.0. The van der Waals surface area contributed by atoms with Crippen molar-refractivity contribution in [2.24, 2.45) is 0 Å². The molecule has 1 aromatic carbocycles. The van der Waals surface area contributed by atoms with E-state index in [4.69, 9.17) is 0 Å². The minimum atomic E-state index is -0.469. The van der Waals surface area contributed by atoms with Crippen LogP contribution in [-0.4, -0.2) is 28.8 Å². The van der Waals surface area contributed by atoms with Gasteiger partial charge in [-0.15, -0.1) is 0 Å². The van der Waals surface area contributed by atoms with Crippen molar-refractivity contribution in [2.45, 2.75) is 64.5 Å². The number of halogens is 1. The number of benzene rings is 1. The summed E-state index contributed by atoms with van der Waals surface area (Å²) in [5.41, 5.74) is 0.795. The summed E-state index contributed by atoms with van der Waals surface area (Å²) in [7, 11) is 1.93. The summed E-state index contributed by atoms with van der Waals surface area (Å²) in [6, 6.07) is 7.81. The van der Waals surface area contributed by atoms with Gasteiger partial charge in [-0.1, -0.05) is 32.6 Å². The van der Waals surface area contributed by atoms with Crippen LogP contribution in [0.5, 0.6) is 0 Å². The molecular weight excluding hydrogens is 371 g/mol. The van der Waals surface area contributed by atoms with Crippen molar-refractivity contribution < 1.29 is 9.18 Å². The van der Waals surface area contributed by atoms with Gasteiger partial charge in [-0.05, 0) is 43.5 Å². The molecule has 0 bridgehead atoms. The lowest BCUT2D eigenvalue weighted by Crippen LogP contribution is -2.33. The maximum absolute atomic E-state index is 14.7. The van der Waals surface area contributed by atoms with Crippen molar-refractivity contribution in [1.82, 2.24) is 9.78 Å². The number of nitrogens with one attached hydrogen (secondary N) is 1. The van der Waals surface area contributed by atoms with Gasteiger partial charge in [0.15, 0.2) is 0 Å². The standard InChI is InChI=1S/C22H29FN4O2/c1-3-4-14-27-21(28)13-11-19(25-27)22(29)24-16-10-12-20(18(23)15-16)26(2)17-8-6-5-7-9-17/h10-13,15,17H,3-9,14H2,1-2H3,(H,24,29). The average molecular weight is 400 g/mol. The minimum absolute atomic E-state index is 0.129. The zero-order chi connectivity index (χ0) is 20.8. The molecule has 6 nitrogen and oxygen atoms in total. The predicted molar refractivity (Wildman–Crippen MR) is 113 cm³/mol. The molecule has 29 heavy (non-hydrogen) atoms. The van der Waals surface area contributed by atoms with Crippen LogP contribution in [0.4, 0.5) is 15.8 Å². The molecule has 0 radical (unpaired) electrons. The van der Waals surface area contributed by atoms with E-state index in [1.54, 1.807) is 12.1 Å². The Bertz CT molecular complexity index is 906. The summed E-state index contributed by atoms with van der Waals surface area (Å²) < 4.78 is 16.0. The highest BCUT2D eigenvalue weighted by atomic mass is 19.1. The summed E-state index contributed by atoms with van der Waals surface area (Å²) >= 11 is 0. The molecule has 0 aliphatic heterocycles. The van der Waals surface area contributed by atoms with Crippen LogP contribution in [0.2, 0.25) is 0 Å². The van der Waals surface area contributed by atoms with Crippen molar-refractivity contribution in [3.63, 3.8) is 0 Å². The Morgan fingerprint density at radius 1 is 1.24 bits per heavy atom. The van der Waals surface area contributed by atoms with E-state index in [1.165, 1.54) is 42.1 Å². The molecule has 1 aliphatic carbocycles. The molecule has 0 spiro atoms. The van der Waals surface area contributed by atoms with Crippen molar-refractivity contribution in [3.8, 4) is 0 Å². The summed E-state index contributed by atoms with van der Waals surface area (Å²) in [5, 5.41) is 6.80. The second-order valence-corrected chi connectivity index (χ2v) is 7.66. The number of unbranched alkanes of at least 4 members (excludes halogenated alkanes) is 1. The normalized spacial score (nSPS) is 14.6. The number of hydrogen-bond donors (Lipinski definition) is 1. The van der Waals surface area contributed by atoms with E-state index in [-0.39, 0.29) is 17.1 Å². The molecule has 0 unspecified atom stereocenters. The Hall–Kier alpha value is -2.70. The van der Waals surface area contributed by atoms with Crippen LogP contribution >= 0.6 is 0 Å². The van der Waals surface area contributed by atoms with Crippen molar-refractivity contribution in [2.75, 3.05) is 17.3 Å². The van der Waals surface area contributed by atoms with E-state index >= 15 is 0 Å². The molecule has 1 saturated carbocycles. The quantitative estimate of drug-likeness (QED) is 0.756. The molecule has 156 valence electrons. The third-order valence-corrected chi connectivity index (χ3v) is 5.53. The van der Waals surface area contributed by atoms with Crippen LogP contribution in [0.25, 0.3) is 0 Å². The van der Waals surface area contributed by atoms with Gasteiger partial charge in [-0.25, -0.2) is 9.07 Å². The molecule has 1 fully saturated rings. The third-order valence-electron chi connectivity index (χ3n) is 5.53. The largest absolute Gasteiger partial charge is 0.369 e. The molecule has 1 amide bonds. The maximum Gasteiger partial charge on any atom is 0.276 e. The Morgan fingerprint density at radius 3 is 2.69 bits per heavy atom. The maximum atomic E-state index is 14.7. The van der Waals surface area contributed by atoms with Gasteiger partial charge in [0.05, 0.1) is 5.69 Å². The molecule has 7 heteroatoms. The van der Waals surface area contributed by atoms with Gasteiger partial charge < -0.3 is 10.2 Å². The number of aryl methyl sites for hydroxylation is 1. The van der Waals surface area contributed by atoms with Crippen molar-refractivity contribution >= 4 is 17.3 Å². The zero-order valence-corrected chi connectivity index (χ0v) is 17.2. The fourth-order valence-electron chi connectivity index (χ4n) is 3.77. The predicted octanol–water partition coefficient (Wildman–Crippen LogP) is 4.20. The van der Waals surface area contributed by atoms with Crippen LogP contribution in [-0.2, 0) is 6.54 Å². The Morgan fingerprint density at radius 2 is 2.00 bits per heavy atom. The molecule has 1 heterocycles. The number of nitrogens with zero attached hydrogens (tertiary/aromatic N) is 3. The fraction of sp³-hybridized carbons (Fsp3) is 0.500. The molecule has 0 saturated heterocycles. The van der Waals surface area contributed by atoms with Gasteiger partial charge in [0, 0.05) is 31.4 Å². The van der Waals surface area contributed by atoms with Crippen molar-refractivity contribution in [3.05, 3.63) is 52.2 Å². The monoisotopic (exact) mass is 400 g/mol. The number of rotatable bonds is 7. The van der Waals surface area contributed by atoms with Crippen LogP contribution in [0.3, 0.4) is 0 Å². The Balaban J connectivity index is 1.71. The van der Waals surface area contributed by atoms with Gasteiger partial charge >= 0.3 is 0 Å². The summed E-state index contributed by atoms with van der Waals surface area (Å²) in [6.07, 6.45) is 7.49. The van der Waals surface area contributed by atoms with Crippen LogP contribution in [0.15, 0.2) is 35.1 Å². The number of carbonyl (C=O) groups is 1. The van der Waals surface area contributed by atoms with E-state index in [9.17, 15) is 14.0 Å². The minimum Gasteiger partial charge on any atom is -0.369 e. The van der Waals surface area contributed by atoms with E-state index in [1.807, 2.05) is 18.9 Å². The van der Waals surface area contributed by atoms with E-state index < -0.39 is 5.91 Å². The number of aromatic nitrogens is 2. The number of carbonyl (C=O) groups excluding carboxylic acids is 1. The SMILES string of the molecule is CCCCn1nc(C(=O)Nc2ccc(N(C)C3CCCCC3)c(F)c2)ccc1=O. The van der Waals surface area contributed by atoms with Gasteiger partial charge in [0.2, 0.25) is 0 Å². The van der Waals surface area contributed by atoms with Crippen LogP contribution < -0.4 is 15.8 Å². The molecule has 1 aromatic heterocycles. The number of anilines is 2. The number of amides is 1. The highest BCUT2D eigenvalue weighted by Crippen LogP contribution is 2.29. The topological polar surface area (TPSA) is 67.2 Å². The average Bonchev–Trinajstić information content (AvgIpc) is 2.73. The third kappa shape index (κ3) is 5.22. The highest BCUT2D eigenvalue weighted by Gasteiger charge is 2.21. The first-order valence-corrected chi connectivity index (χ1v) is 10.4. The molecular formula is C22H29FN4O2. The van der Waals surface area contributed by atoms with Gasteiger partial charge in [-0.2, -0.15) is 5.10 Å². The Kier molecular flexibility index (Phi) is 7.01. The van der Waals surface area contributed by atoms with Gasteiger partial charge in [-0.3, -0.25) is 9.59 Å². The van der Waals surface area contributed by atoms with Gasteiger partial charge in [0.25, 0.3) is 11.5 Å². The van der Waals surface area contributed by atoms with Crippen molar-refractivity contribution in [1.29, 1.82) is 0 Å². The Labute approximate surface area is 170 Å². The van der Waals surface area contributed by atoms with E-state index in [0.717, 1.165) is 25.7 Å². The van der Waals surface area contributed by atoms with E-state index in [2.05, 4.69) is 10.4 Å². The van der Waals surface area contributed by atoms with E-state index in [0.29, 0.717) is 24.0 Å². The number of hydrogen-bond acceptors (Lipinski definition) is 4. The lowest BCUT2D eigenvalue weighted by atomic mass is 9.94. The first-order chi connectivity index (χ1) is 14.0. The molecule has 1 aliphatic rings. The molecule has 0 atom stereocenters. The first-order valence-electron chi connectivity index (χ1n) is 10.4.